The first kappa shape index (κ1) is 21.6. The number of methoxy groups -OCH3 is 1. The van der Waals surface area contributed by atoms with E-state index in [0.717, 1.165) is 39.0 Å². The average molecular weight is 430 g/mol. The molecule has 2 aromatic rings. The maximum absolute atomic E-state index is 12.8. The Bertz CT molecular complexity index is 900. The summed E-state index contributed by atoms with van der Waals surface area (Å²) in [4.78, 5) is 35.5. The zero-order valence-corrected chi connectivity index (χ0v) is 18.1. The average Bonchev–Trinajstić information content (AvgIpc) is 3.21. The van der Waals surface area contributed by atoms with E-state index < -0.39 is 0 Å². The third-order valence-electron chi connectivity index (χ3n) is 5.92. The number of benzene rings is 1. The molecule has 2 saturated heterocycles. The SMILES string of the molecule is COCCNC(=O)N1CCN(Cc2nc3cc(C(=O)N4CCCCC4)ccc3o2)CC1. The normalized spacial score (nSPS) is 17.8. The molecule has 0 bridgehead atoms. The standard InChI is InChI=1S/C22H31N5O4/c1-30-14-7-23-22(29)27-12-10-25(11-13-27)16-20-24-18-15-17(5-6-19(18)31-20)21(28)26-8-3-2-4-9-26/h5-6,15H,2-4,7-14,16H2,1H3,(H,23,29). The number of piperidine rings is 1. The van der Waals surface area contributed by atoms with Crippen LogP contribution in [0.4, 0.5) is 4.79 Å². The van der Waals surface area contributed by atoms with E-state index in [-0.39, 0.29) is 11.9 Å². The van der Waals surface area contributed by atoms with Crippen molar-refractivity contribution in [1.82, 2.24) is 25.0 Å². The van der Waals surface area contributed by atoms with Gasteiger partial charge in [-0.1, -0.05) is 0 Å². The molecule has 2 fully saturated rings. The molecule has 4 rings (SSSR count). The van der Waals surface area contributed by atoms with Crippen LogP contribution in [-0.4, -0.2) is 91.2 Å². The number of likely N-dealkylation sites (tertiary alicyclic amines) is 1. The van der Waals surface area contributed by atoms with Crippen LogP contribution in [0.25, 0.3) is 11.1 Å². The predicted molar refractivity (Wildman–Crippen MR) is 116 cm³/mol. The molecule has 9 nitrogen and oxygen atoms in total. The van der Waals surface area contributed by atoms with Gasteiger partial charge in [-0.3, -0.25) is 9.69 Å². The Morgan fingerprint density at radius 2 is 1.84 bits per heavy atom. The summed E-state index contributed by atoms with van der Waals surface area (Å²) in [5.41, 5.74) is 2.08. The molecule has 168 valence electrons. The number of carbonyl (C=O) groups is 2. The fraction of sp³-hybridized carbons (Fsp3) is 0.591. The van der Waals surface area contributed by atoms with Crippen LogP contribution in [0.3, 0.4) is 0 Å². The van der Waals surface area contributed by atoms with Gasteiger partial charge in [0.1, 0.15) is 5.52 Å². The van der Waals surface area contributed by atoms with Crippen LogP contribution in [0.15, 0.2) is 22.6 Å². The van der Waals surface area contributed by atoms with Crippen molar-refractivity contribution in [2.24, 2.45) is 0 Å². The molecule has 0 spiro atoms. The van der Waals surface area contributed by atoms with Gasteiger partial charge < -0.3 is 24.3 Å². The second kappa shape index (κ2) is 10.1. The molecule has 3 amide bonds. The third kappa shape index (κ3) is 5.34. The van der Waals surface area contributed by atoms with Crippen molar-refractivity contribution in [3.8, 4) is 0 Å². The number of amides is 3. The number of carbonyl (C=O) groups excluding carboxylic acids is 2. The molecule has 0 saturated carbocycles. The van der Waals surface area contributed by atoms with E-state index in [1.165, 1.54) is 6.42 Å². The highest BCUT2D eigenvalue weighted by atomic mass is 16.5. The zero-order chi connectivity index (χ0) is 21.6. The first-order chi connectivity index (χ1) is 15.1. The number of hydrogen-bond donors (Lipinski definition) is 1. The largest absolute Gasteiger partial charge is 0.439 e. The van der Waals surface area contributed by atoms with Crippen LogP contribution < -0.4 is 5.32 Å². The molecule has 1 N–H and O–H groups in total. The fourth-order valence-electron chi connectivity index (χ4n) is 4.13. The minimum atomic E-state index is -0.0514. The van der Waals surface area contributed by atoms with E-state index in [0.29, 0.717) is 55.3 Å². The summed E-state index contributed by atoms with van der Waals surface area (Å²) >= 11 is 0. The molecular formula is C22H31N5O4. The lowest BCUT2D eigenvalue weighted by Crippen LogP contribution is -2.51. The Balaban J connectivity index is 1.32. The molecule has 1 aromatic carbocycles. The minimum absolute atomic E-state index is 0.0514. The summed E-state index contributed by atoms with van der Waals surface area (Å²) in [6.45, 7) is 6.11. The van der Waals surface area contributed by atoms with Crippen LogP contribution in [0.1, 0.15) is 35.5 Å². The summed E-state index contributed by atoms with van der Waals surface area (Å²) in [7, 11) is 1.62. The lowest BCUT2D eigenvalue weighted by atomic mass is 10.1. The minimum Gasteiger partial charge on any atom is -0.439 e. The lowest BCUT2D eigenvalue weighted by Gasteiger charge is -2.33. The molecule has 0 atom stereocenters. The molecule has 3 heterocycles. The number of nitrogens with zero attached hydrogens (tertiary/aromatic N) is 4. The molecule has 2 aliphatic rings. The monoisotopic (exact) mass is 429 g/mol. The number of oxazole rings is 1. The van der Waals surface area contributed by atoms with Crippen LogP contribution in [0, 0.1) is 0 Å². The molecule has 9 heteroatoms. The fourth-order valence-corrected chi connectivity index (χ4v) is 4.13. The molecular weight excluding hydrogens is 398 g/mol. The van der Waals surface area contributed by atoms with Gasteiger partial charge in [-0.15, -0.1) is 0 Å². The van der Waals surface area contributed by atoms with E-state index in [1.54, 1.807) is 7.11 Å². The molecule has 31 heavy (non-hydrogen) atoms. The van der Waals surface area contributed by atoms with Gasteiger partial charge in [0.15, 0.2) is 5.58 Å². The molecule has 0 unspecified atom stereocenters. The smallest absolute Gasteiger partial charge is 0.317 e. The van der Waals surface area contributed by atoms with Crippen LogP contribution in [0.2, 0.25) is 0 Å². The van der Waals surface area contributed by atoms with Gasteiger partial charge in [0, 0.05) is 58.5 Å². The van der Waals surface area contributed by atoms with Crippen molar-refractivity contribution in [3.05, 3.63) is 29.7 Å². The molecule has 2 aliphatic heterocycles. The van der Waals surface area contributed by atoms with Crippen molar-refractivity contribution < 1.29 is 18.7 Å². The van der Waals surface area contributed by atoms with Gasteiger partial charge in [-0.05, 0) is 37.5 Å². The molecule has 0 aliphatic carbocycles. The summed E-state index contributed by atoms with van der Waals surface area (Å²) in [6, 6.07) is 5.45. The highest BCUT2D eigenvalue weighted by Gasteiger charge is 2.23. The molecule has 1 aromatic heterocycles. The number of ether oxygens (including phenoxy) is 1. The van der Waals surface area contributed by atoms with Crippen LogP contribution in [-0.2, 0) is 11.3 Å². The van der Waals surface area contributed by atoms with E-state index in [2.05, 4.69) is 15.2 Å². The second-order valence-electron chi connectivity index (χ2n) is 8.13. The Morgan fingerprint density at radius 3 is 2.58 bits per heavy atom. The Labute approximate surface area is 182 Å². The Morgan fingerprint density at radius 1 is 1.06 bits per heavy atom. The van der Waals surface area contributed by atoms with Crippen LogP contribution in [0.5, 0.6) is 0 Å². The van der Waals surface area contributed by atoms with Crippen molar-refractivity contribution >= 4 is 23.0 Å². The zero-order valence-electron chi connectivity index (χ0n) is 18.1. The number of rotatable bonds is 6. The van der Waals surface area contributed by atoms with Gasteiger partial charge in [0.2, 0.25) is 5.89 Å². The summed E-state index contributed by atoms with van der Waals surface area (Å²) in [5.74, 6) is 0.710. The van der Waals surface area contributed by atoms with E-state index in [9.17, 15) is 9.59 Å². The second-order valence-corrected chi connectivity index (χ2v) is 8.13. The first-order valence-electron chi connectivity index (χ1n) is 11.1. The third-order valence-corrected chi connectivity index (χ3v) is 5.92. The number of aromatic nitrogens is 1. The number of hydrogen-bond acceptors (Lipinski definition) is 6. The van der Waals surface area contributed by atoms with Gasteiger partial charge in [-0.25, -0.2) is 9.78 Å². The highest BCUT2D eigenvalue weighted by Crippen LogP contribution is 2.21. The summed E-state index contributed by atoms with van der Waals surface area (Å²) in [5, 5.41) is 2.86. The van der Waals surface area contributed by atoms with Crippen molar-refractivity contribution in [1.29, 1.82) is 0 Å². The number of urea groups is 1. The van der Waals surface area contributed by atoms with E-state index in [4.69, 9.17) is 9.15 Å². The van der Waals surface area contributed by atoms with Gasteiger partial charge in [0.05, 0.1) is 13.2 Å². The Hall–Kier alpha value is -2.65. The van der Waals surface area contributed by atoms with Gasteiger partial charge >= 0.3 is 6.03 Å². The molecule has 0 radical (unpaired) electrons. The lowest BCUT2D eigenvalue weighted by molar-refractivity contribution is 0.0724. The van der Waals surface area contributed by atoms with E-state index in [1.807, 2.05) is 28.0 Å². The van der Waals surface area contributed by atoms with Crippen molar-refractivity contribution in [2.45, 2.75) is 25.8 Å². The van der Waals surface area contributed by atoms with Gasteiger partial charge in [0.25, 0.3) is 5.91 Å². The van der Waals surface area contributed by atoms with Crippen LogP contribution >= 0.6 is 0 Å². The van der Waals surface area contributed by atoms with Crippen molar-refractivity contribution in [2.75, 3.05) is 59.5 Å². The first-order valence-corrected chi connectivity index (χ1v) is 11.1. The van der Waals surface area contributed by atoms with Crippen molar-refractivity contribution in [3.63, 3.8) is 0 Å². The predicted octanol–water partition coefficient (Wildman–Crippen LogP) is 1.93. The maximum atomic E-state index is 12.8. The quantitative estimate of drug-likeness (QED) is 0.706. The Kier molecular flexibility index (Phi) is 7.03. The summed E-state index contributed by atoms with van der Waals surface area (Å²) < 4.78 is 10.9. The number of piperazine rings is 1. The van der Waals surface area contributed by atoms with Gasteiger partial charge in [-0.2, -0.15) is 0 Å². The summed E-state index contributed by atoms with van der Waals surface area (Å²) in [6.07, 6.45) is 3.34. The number of nitrogens with one attached hydrogen (secondary N) is 1. The highest BCUT2D eigenvalue weighted by molar-refractivity contribution is 5.97. The maximum Gasteiger partial charge on any atom is 0.317 e. The topological polar surface area (TPSA) is 91.2 Å². The van der Waals surface area contributed by atoms with E-state index >= 15 is 0 Å². The number of fused-ring (bicyclic) bond motifs is 1.